The van der Waals surface area contributed by atoms with E-state index < -0.39 is 6.04 Å². The second kappa shape index (κ2) is 8.01. The minimum absolute atomic E-state index is 0.0816. The molecule has 0 bridgehead atoms. The molecule has 0 aliphatic carbocycles. The smallest absolute Gasteiger partial charge is 0.254 e. The van der Waals surface area contributed by atoms with Crippen molar-refractivity contribution in [1.82, 2.24) is 15.0 Å². The molecule has 0 aliphatic heterocycles. The molecule has 0 radical (unpaired) electrons. The maximum absolute atomic E-state index is 12.8. The van der Waals surface area contributed by atoms with Crippen molar-refractivity contribution in [2.24, 2.45) is 7.05 Å². The zero-order chi connectivity index (χ0) is 19.4. The average Bonchev–Trinajstić information content (AvgIpc) is 3.07. The molecule has 0 saturated carbocycles. The molecular formula is C20H22N4O3. The molecule has 0 spiro atoms. The second-order valence-corrected chi connectivity index (χ2v) is 6.40. The Balaban J connectivity index is 1.81. The fourth-order valence-electron chi connectivity index (χ4n) is 2.76. The number of carbonyl (C=O) groups is 1. The zero-order valence-corrected chi connectivity index (χ0v) is 15.5. The highest BCUT2D eigenvalue weighted by Crippen LogP contribution is 2.17. The molecule has 7 nitrogen and oxygen atoms in total. The number of benzene rings is 1. The molecular weight excluding hydrogens is 344 g/mol. The fraction of sp³-hybridized carbons (Fsp3) is 0.250. The van der Waals surface area contributed by atoms with E-state index in [1.165, 1.54) is 0 Å². The third-order valence-corrected chi connectivity index (χ3v) is 4.41. The van der Waals surface area contributed by atoms with Gasteiger partial charge in [0.05, 0.1) is 0 Å². The normalized spacial score (nSPS) is 12.0. The van der Waals surface area contributed by atoms with Crippen LogP contribution in [0.25, 0.3) is 0 Å². The Kier molecular flexibility index (Phi) is 5.52. The number of aryl methyl sites for hydroxylation is 2. The van der Waals surface area contributed by atoms with Gasteiger partial charge in [0.2, 0.25) is 5.91 Å². The Morgan fingerprint density at radius 1 is 1.19 bits per heavy atom. The van der Waals surface area contributed by atoms with Gasteiger partial charge in [0, 0.05) is 30.9 Å². The molecule has 3 aromatic rings. The first-order valence-corrected chi connectivity index (χ1v) is 8.63. The van der Waals surface area contributed by atoms with E-state index in [-0.39, 0.29) is 18.0 Å². The standard InChI is InChI=1S/C20H22N4O3/c1-13-9-10-16(20(26)24(13)3)12-21-18(15-7-5-4-6-8-15)19(25)22-17-11-14(2)27-23-17/h4-11,18,21H,12H2,1-3H3,(H,22,23,25). The Morgan fingerprint density at radius 3 is 2.59 bits per heavy atom. The predicted molar refractivity (Wildman–Crippen MR) is 102 cm³/mol. The number of carbonyl (C=O) groups excluding carboxylic acids is 1. The van der Waals surface area contributed by atoms with Gasteiger partial charge in [0.15, 0.2) is 5.82 Å². The number of aromatic nitrogens is 2. The Hall–Kier alpha value is -3.19. The van der Waals surface area contributed by atoms with Crippen molar-refractivity contribution >= 4 is 11.7 Å². The van der Waals surface area contributed by atoms with Crippen LogP contribution in [0.2, 0.25) is 0 Å². The number of anilines is 1. The van der Waals surface area contributed by atoms with Gasteiger partial charge >= 0.3 is 0 Å². The third kappa shape index (κ3) is 4.32. The van der Waals surface area contributed by atoms with E-state index in [0.29, 0.717) is 17.1 Å². The number of nitrogens with zero attached hydrogens (tertiary/aromatic N) is 2. The highest BCUT2D eigenvalue weighted by molar-refractivity contribution is 5.94. The van der Waals surface area contributed by atoms with E-state index in [1.54, 1.807) is 30.7 Å². The van der Waals surface area contributed by atoms with Crippen molar-refractivity contribution in [1.29, 1.82) is 0 Å². The average molecular weight is 366 g/mol. The highest BCUT2D eigenvalue weighted by atomic mass is 16.5. The van der Waals surface area contributed by atoms with Crippen LogP contribution >= 0.6 is 0 Å². The van der Waals surface area contributed by atoms with Crippen LogP contribution in [0.3, 0.4) is 0 Å². The number of pyridine rings is 1. The fourth-order valence-corrected chi connectivity index (χ4v) is 2.76. The van der Waals surface area contributed by atoms with Crippen molar-refractivity contribution in [3.05, 3.63) is 81.5 Å². The molecule has 1 atom stereocenters. The van der Waals surface area contributed by atoms with Crippen molar-refractivity contribution < 1.29 is 9.32 Å². The predicted octanol–water partition coefficient (Wildman–Crippen LogP) is 2.46. The topological polar surface area (TPSA) is 89.2 Å². The largest absolute Gasteiger partial charge is 0.360 e. The molecule has 1 unspecified atom stereocenters. The summed E-state index contributed by atoms with van der Waals surface area (Å²) in [6.45, 7) is 3.89. The van der Waals surface area contributed by atoms with Gasteiger partial charge in [-0.15, -0.1) is 0 Å². The van der Waals surface area contributed by atoms with Crippen LogP contribution in [0.5, 0.6) is 0 Å². The van der Waals surface area contributed by atoms with Crippen molar-refractivity contribution in [2.75, 3.05) is 5.32 Å². The summed E-state index contributed by atoms with van der Waals surface area (Å²) in [4.78, 5) is 25.2. The van der Waals surface area contributed by atoms with Crippen LogP contribution in [0.15, 0.2) is 57.8 Å². The van der Waals surface area contributed by atoms with Gasteiger partial charge in [0.25, 0.3) is 5.56 Å². The number of amides is 1. The molecule has 1 amide bonds. The third-order valence-electron chi connectivity index (χ3n) is 4.41. The lowest BCUT2D eigenvalue weighted by molar-refractivity contribution is -0.118. The molecule has 140 valence electrons. The number of hydrogen-bond acceptors (Lipinski definition) is 5. The van der Waals surface area contributed by atoms with Gasteiger partial charge in [-0.3, -0.25) is 14.9 Å². The molecule has 2 aromatic heterocycles. The van der Waals surface area contributed by atoms with Crippen LogP contribution < -0.4 is 16.2 Å². The van der Waals surface area contributed by atoms with Gasteiger partial charge in [0.1, 0.15) is 11.8 Å². The van der Waals surface area contributed by atoms with E-state index >= 15 is 0 Å². The number of nitrogens with one attached hydrogen (secondary N) is 2. The van der Waals surface area contributed by atoms with E-state index in [0.717, 1.165) is 11.3 Å². The van der Waals surface area contributed by atoms with Crippen molar-refractivity contribution in [3.63, 3.8) is 0 Å². The summed E-state index contributed by atoms with van der Waals surface area (Å²) in [5, 5.41) is 9.72. The Labute approximate surface area is 157 Å². The molecule has 2 heterocycles. The molecule has 7 heteroatoms. The van der Waals surface area contributed by atoms with Gasteiger partial charge in [-0.1, -0.05) is 41.6 Å². The maximum Gasteiger partial charge on any atom is 0.254 e. The van der Waals surface area contributed by atoms with Gasteiger partial charge in [-0.25, -0.2) is 0 Å². The first kappa shape index (κ1) is 18.6. The number of rotatable bonds is 6. The van der Waals surface area contributed by atoms with Crippen LogP contribution in [-0.2, 0) is 18.4 Å². The summed E-state index contributed by atoms with van der Waals surface area (Å²) < 4.78 is 6.58. The SMILES string of the molecule is Cc1cc(NC(=O)C(NCc2ccc(C)n(C)c2=O)c2ccccc2)no1. The summed E-state index contributed by atoms with van der Waals surface area (Å²) in [5.41, 5.74) is 2.18. The minimum Gasteiger partial charge on any atom is -0.360 e. The van der Waals surface area contributed by atoms with E-state index in [4.69, 9.17) is 4.52 Å². The summed E-state index contributed by atoms with van der Waals surface area (Å²) in [6, 6.07) is 14.0. The first-order chi connectivity index (χ1) is 13.0. The molecule has 1 aromatic carbocycles. The summed E-state index contributed by atoms with van der Waals surface area (Å²) >= 11 is 0. The molecule has 0 aliphatic rings. The molecule has 27 heavy (non-hydrogen) atoms. The van der Waals surface area contributed by atoms with E-state index in [9.17, 15) is 9.59 Å². The van der Waals surface area contributed by atoms with E-state index in [2.05, 4.69) is 15.8 Å². The van der Waals surface area contributed by atoms with Crippen molar-refractivity contribution in [3.8, 4) is 0 Å². The Morgan fingerprint density at radius 2 is 1.93 bits per heavy atom. The van der Waals surface area contributed by atoms with Gasteiger partial charge < -0.3 is 14.4 Å². The highest BCUT2D eigenvalue weighted by Gasteiger charge is 2.21. The van der Waals surface area contributed by atoms with Crippen LogP contribution in [0, 0.1) is 13.8 Å². The molecule has 0 fully saturated rings. The van der Waals surface area contributed by atoms with Crippen LogP contribution in [0.4, 0.5) is 5.82 Å². The molecule has 3 rings (SSSR count). The zero-order valence-electron chi connectivity index (χ0n) is 15.5. The van der Waals surface area contributed by atoms with Crippen LogP contribution in [-0.4, -0.2) is 15.6 Å². The monoisotopic (exact) mass is 366 g/mol. The summed E-state index contributed by atoms with van der Waals surface area (Å²) in [6.07, 6.45) is 0. The van der Waals surface area contributed by atoms with Crippen LogP contribution in [0.1, 0.15) is 28.6 Å². The lowest BCUT2D eigenvalue weighted by Gasteiger charge is -2.18. The quantitative estimate of drug-likeness (QED) is 0.699. The van der Waals surface area contributed by atoms with Gasteiger partial charge in [-0.05, 0) is 25.5 Å². The van der Waals surface area contributed by atoms with E-state index in [1.807, 2.05) is 43.3 Å². The molecule has 0 saturated heterocycles. The Bertz CT molecular complexity index is 992. The summed E-state index contributed by atoms with van der Waals surface area (Å²) in [7, 11) is 1.73. The van der Waals surface area contributed by atoms with Crippen molar-refractivity contribution in [2.45, 2.75) is 26.4 Å². The minimum atomic E-state index is -0.644. The second-order valence-electron chi connectivity index (χ2n) is 6.40. The lowest BCUT2D eigenvalue weighted by Crippen LogP contribution is -2.35. The molecule has 2 N–H and O–H groups in total. The maximum atomic E-state index is 12.8. The lowest BCUT2D eigenvalue weighted by atomic mass is 10.1. The number of hydrogen-bond donors (Lipinski definition) is 2. The van der Waals surface area contributed by atoms with Gasteiger partial charge in [-0.2, -0.15) is 0 Å². The first-order valence-electron chi connectivity index (χ1n) is 8.63. The summed E-state index contributed by atoms with van der Waals surface area (Å²) in [5.74, 6) is 0.683.